The van der Waals surface area contributed by atoms with Crippen LogP contribution in [-0.4, -0.2) is 26.1 Å². The molecule has 2 rings (SSSR count). The fourth-order valence-electron chi connectivity index (χ4n) is 1.96. The van der Waals surface area contributed by atoms with E-state index in [0.29, 0.717) is 23.7 Å². The maximum Gasteiger partial charge on any atom is 0.358 e. The van der Waals surface area contributed by atoms with Gasteiger partial charge >= 0.3 is 5.97 Å². The van der Waals surface area contributed by atoms with Crippen LogP contribution in [0.3, 0.4) is 0 Å². The number of carbonyl (C=O) groups is 1. The third-order valence-electron chi connectivity index (χ3n) is 3.05. The van der Waals surface area contributed by atoms with Gasteiger partial charge in [0.15, 0.2) is 5.69 Å². The first kappa shape index (κ1) is 14.5. The predicted octanol–water partition coefficient (Wildman–Crippen LogP) is 3.02. The zero-order valence-corrected chi connectivity index (χ0v) is 12.0. The highest BCUT2D eigenvalue weighted by atomic mass is 35.5. The van der Waals surface area contributed by atoms with Gasteiger partial charge in [-0.15, -0.1) is 5.10 Å². The summed E-state index contributed by atoms with van der Waals surface area (Å²) in [6, 6.07) is 7.34. The Kier molecular flexibility index (Phi) is 4.74. The summed E-state index contributed by atoms with van der Waals surface area (Å²) in [7, 11) is 0. The summed E-state index contributed by atoms with van der Waals surface area (Å²) in [5, 5.41) is 17.6. The Bertz CT molecular complexity index is 593. The largest absolute Gasteiger partial charge is 0.476 e. The van der Waals surface area contributed by atoms with E-state index in [1.807, 2.05) is 12.1 Å². The lowest BCUT2D eigenvalue weighted by molar-refractivity contribution is 0.0689. The van der Waals surface area contributed by atoms with E-state index in [4.69, 9.17) is 11.6 Å². The van der Waals surface area contributed by atoms with Crippen molar-refractivity contribution in [2.24, 2.45) is 0 Å². The highest BCUT2D eigenvalue weighted by Gasteiger charge is 2.18. The van der Waals surface area contributed by atoms with Gasteiger partial charge in [0.2, 0.25) is 0 Å². The number of hydrogen-bond donors (Lipinski definition) is 1. The number of carboxylic acids is 1. The first-order valence-corrected chi connectivity index (χ1v) is 6.89. The van der Waals surface area contributed by atoms with Crippen molar-refractivity contribution in [3.63, 3.8) is 0 Å². The van der Waals surface area contributed by atoms with Crippen molar-refractivity contribution >= 4 is 17.6 Å². The maximum absolute atomic E-state index is 11.2. The van der Waals surface area contributed by atoms with Crippen LogP contribution < -0.4 is 0 Å². The van der Waals surface area contributed by atoms with Crippen LogP contribution in [0.25, 0.3) is 0 Å². The Hall–Kier alpha value is -1.88. The molecule has 2 aromatic rings. The summed E-state index contributed by atoms with van der Waals surface area (Å²) in [6.07, 6.45) is 2.44. The molecule has 1 N–H and O–H groups in total. The van der Waals surface area contributed by atoms with Crippen molar-refractivity contribution in [1.29, 1.82) is 0 Å². The van der Waals surface area contributed by atoms with Crippen molar-refractivity contribution in [3.05, 3.63) is 46.2 Å². The monoisotopic (exact) mass is 293 g/mol. The lowest BCUT2D eigenvalue weighted by atomic mass is 10.1. The van der Waals surface area contributed by atoms with E-state index in [-0.39, 0.29) is 5.69 Å². The number of aryl methyl sites for hydroxylation is 1. The highest BCUT2D eigenvalue weighted by Crippen LogP contribution is 2.16. The minimum atomic E-state index is -1.04. The van der Waals surface area contributed by atoms with E-state index >= 15 is 0 Å². The molecule has 20 heavy (non-hydrogen) atoms. The van der Waals surface area contributed by atoms with Gasteiger partial charge in [-0.25, -0.2) is 9.48 Å². The van der Waals surface area contributed by atoms with Crippen molar-refractivity contribution in [3.8, 4) is 0 Å². The van der Waals surface area contributed by atoms with Gasteiger partial charge in [0.25, 0.3) is 0 Å². The van der Waals surface area contributed by atoms with Crippen LogP contribution in [0.15, 0.2) is 24.3 Å². The molecule has 0 aliphatic rings. The molecule has 0 amide bonds. The number of benzene rings is 1. The highest BCUT2D eigenvalue weighted by molar-refractivity contribution is 6.30. The molecule has 0 unspecified atom stereocenters. The zero-order valence-electron chi connectivity index (χ0n) is 11.2. The fraction of sp³-hybridized carbons (Fsp3) is 0.357. The third kappa shape index (κ3) is 3.36. The van der Waals surface area contributed by atoms with Gasteiger partial charge in [0.05, 0.1) is 5.69 Å². The van der Waals surface area contributed by atoms with E-state index in [1.165, 1.54) is 0 Å². The number of rotatable bonds is 6. The number of aromatic carboxylic acids is 1. The second-order valence-corrected chi connectivity index (χ2v) is 5.01. The summed E-state index contributed by atoms with van der Waals surface area (Å²) in [4.78, 5) is 11.2. The average Bonchev–Trinajstić information content (AvgIpc) is 2.82. The van der Waals surface area contributed by atoms with Crippen LogP contribution in [0.4, 0.5) is 0 Å². The summed E-state index contributed by atoms with van der Waals surface area (Å²) in [5.74, 6) is -1.04. The molecule has 6 heteroatoms. The molecule has 0 aliphatic heterocycles. The Morgan fingerprint density at radius 2 is 2.05 bits per heavy atom. The van der Waals surface area contributed by atoms with E-state index in [2.05, 4.69) is 17.2 Å². The molecular weight excluding hydrogens is 278 g/mol. The molecule has 0 bridgehead atoms. The Morgan fingerprint density at radius 3 is 2.65 bits per heavy atom. The number of carboxylic acid groups (broad SMARTS) is 1. The quantitative estimate of drug-likeness (QED) is 0.889. The van der Waals surface area contributed by atoms with Crippen LogP contribution in [-0.2, 0) is 13.0 Å². The molecular formula is C14H16ClN3O2. The van der Waals surface area contributed by atoms with Gasteiger partial charge in [0.1, 0.15) is 0 Å². The molecule has 0 spiro atoms. The van der Waals surface area contributed by atoms with Crippen LogP contribution >= 0.6 is 11.6 Å². The second-order valence-electron chi connectivity index (χ2n) is 4.57. The third-order valence-corrected chi connectivity index (χ3v) is 3.30. The molecule has 1 aromatic carbocycles. The molecule has 0 aliphatic carbocycles. The van der Waals surface area contributed by atoms with Gasteiger partial charge in [-0.2, -0.15) is 0 Å². The van der Waals surface area contributed by atoms with Gasteiger partial charge in [-0.05, 0) is 24.1 Å². The summed E-state index contributed by atoms with van der Waals surface area (Å²) in [6.45, 7) is 2.76. The van der Waals surface area contributed by atoms with Crippen molar-refractivity contribution in [1.82, 2.24) is 15.0 Å². The molecule has 5 nitrogen and oxygen atoms in total. The lowest BCUT2D eigenvalue weighted by Gasteiger charge is -2.07. The zero-order chi connectivity index (χ0) is 14.5. The first-order chi connectivity index (χ1) is 9.61. The molecule has 1 heterocycles. The van der Waals surface area contributed by atoms with Gasteiger partial charge in [-0.3, -0.25) is 0 Å². The minimum absolute atomic E-state index is 0.0241. The Balaban J connectivity index is 2.29. The van der Waals surface area contributed by atoms with Crippen molar-refractivity contribution in [2.45, 2.75) is 32.7 Å². The number of halogens is 1. The fourth-order valence-corrected chi connectivity index (χ4v) is 2.08. The number of unbranched alkanes of at least 4 members (excludes halogenated alkanes) is 1. The molecule has 0 saturated heterocycles. The lowest BCUT2D eigenvalue weighted by Crippen LogP contribution is -2.09. The molecule has 0 fully saturated rings. The number of nitrogens with zero attached hydrogens (tertiary/aromatic N) is 3. The second kappa shape index (κ2) is 6.52. The van der Waals surface area contributed by atoms with Crippen LogP contribution in [0.2, 0.25) is 5.02 Å². The SMILES string of the molecule is CCCCn1nnc(C(=O)O)c1Cc1ccc(Cl)cc1. The van der Waals surface area contributed by atoms with E-state index < -0.39 is 5.97 Å². The summed E-state index contributed by atoms with van der Waals surface area (Å²) < 4.78 is 1.68. The summed E-state index contributed by atoms with van der Waals surface area (Å²) in [5.41, 5.74) is 1.64. The minimum Gasteiger partial charge on any atom is -0.476 e. The molecule has 0 saturated carbocycles. The van der Waals surface area contributed by atoms with E-state index in [0.717, 1.165) is 18.4 Å². The molecule has 0 atom stereocenters. The Labute approximate surface area is 122 Å². The van der Waals surface area contributed by atoms with E-state index in [9.17, 15) is 9.90 Å². The van der Waals surface area contributed by atoms with Crippen LogP contribution in [0.5, 0.6) is 0 Å². The Morgan fingerprint density at radius 1 is 1.35 bits per heavy atom. The van der Waals surface area contributed by atoms with Crippen molar-refractivity contribution < 1.29 is 9.90 Å². The topological polar surface area (TPSA) is 68.0 Å². The van der Waals surface area contributed by atoms with Gasteiger partial charge < -0.3 is 5.11 Å². The first-order valence-electron chi connectivity index (χ1n) is 6.52. The molecule has 1 aromatic heterocycles. The van der Waals surface area contributed by atoms with Crippen LogP contribution in [0, 0.1) is 0 Å². The number of aromatic nitrogens is 3. The predicted molar refractivity (Wildman–Crippen MR) is 76.1 cm³/mol. The normalized spacial score (nSPS) is 10.7. The number of hydrogen-bond acceptors (Lipinski definition) is 3. The molecule has 0 radical (unpaired) electrons. The standard InChI is InChI=1S/C14H16ClN3O2/c1-2-3-8-18-12(13(14(19)20)16-17-18)9-10-4-6-11(15)7-5-10/h4-7H,2-3,8-9H2,1H3,(H,19,20). The van der Waals surface area contributed by atoms with Crippen molar-refractivity contribution in [2.75, 3.05) is 0 Å². The van der Waals surface area contributed by atoms with Crippen LogP contribution in [0.1, 0.15) is 41.5 Å². The summed E-state index contributed by atoms with van der Waals surface area (Å²) >= 11 is 5.85. The van der Waals surface area contributed by atoms with Gasteiger partial charge in [-0.1, -0.05) is 42.3 Å². The molecule has 106 valence electrons. The maximum atomic E-state index is 11.2. The van der Waals surface area contributed by atoms with E-state index in [1.54, 1.807) is 16.8 Å². The van der Waals surface area contributed by atoms with Gasteiger partial charge in [0, 0.05) is 18.0 Å². The smallest absolute Gasteiger partial charge is 0.358 e. The average molecular weight is 294 g/mol.